The number of benzene rings is 1. The van der Waals surface area contributed by atoms with Crippen molar-refractivity contribution >= 4 is 5.82 Å². The summed E-state index contributed by atoms with van der Waals surface area (Å²) in [6.45, 7) is 0.919. The quantitative estimate of drug-likeness (QED) is 0.605. The minimum absolute atomic E-state index is 0.355. The second-order valence-electron chi connectivity index (χ2n) is 3.91. The average molecular weight is 260 g/mol. The molecular weight excluding hydrogens is 244 g/mol. The van der Waals surface area contributed by atoms with Gasteiger partial charge in [-0.25, -0.2) is 10.8 Å². The van der Waals surface area contributed by atoms with Crippen molar-refractivity contribution in [1.82, 2.24) is 9.97 Å². The molecule has 0 unspecified atom stereocenters. The molecular formula is C13H16N4O2. The smallest absolute Gasteiger partial charge is 0.158 e. The van der Waals surface area contributed by atoms with E-state index in [0.29, 0.717) is 19.0 Å². The molecule has 1 heterocycles. The summed E-state index contributed by atoms with van der Waals surface area (Å²) in [5.41, 5.74) is 4.22. The van der Waals surface area contributed by atoms with Crippen molar-refractivity contribution in [2.24, 2.45) is 5.84 Å². The van der Waals surface area contributed by atoms with Gasteiger partial charge in [0.15, 0.2) is 5.82 Å². The number of nitrogens with zero attached hydrogens (tertiary/aromatic N) is 2. The van der Waals surface area contributed by atoms with Crippen LogP contribution in [0.5, 0.6) is 5.75 Å². The predicted octanol–water partition coefficient (Wildman–Crippen LogP) is 1.49. The molecule has 6 nitrogen and oxygen atoms in total. The number of ether oxygens (including phenoxy) is 2. The first kappa shape index (κ1) is 13.3. The Kier molecular flexibility index (Phi) is 4.66. The van der Waals surface area contributed by atoms with Crippen LogP contribution in [0, 0.1) is 0 Å². The van der Waals surface area contributed by atoms with Gasteiger partial charge in [-0.1, -0.05) is 12.1 Å². The summed E-state index contributed by atoms with van der Waals surface area (Å²) in [7, 11) is 1.66. The molecule has 2 rings (SSSR count). The molecule has 0 amide bonds. The predicted molar refractivity (Wildman–Crippen MR) is 71.3 cm³/mol. The van der Waals surface area contributed by atoms with E-state index in [1.54, 1.807) is 19.5 Å². The Bertz CT molecular complexity index is 516. The second kappa shape index (κ2) is 6.67. The summed E-state index contributed by atoms with van der Waals surface area (Å²) < 4.78 is 10.7. The fraction of sp³-hybridized carbons (Fsp3) is 0.231. The van der Waals surface area contributed by atoms with E-state index in [9.17, 15) is 0 Å². The Morgan fingerprint density at radius 3 is 2.79 bits per heavy atom. The lowest BCUT2D eigenvalue weighted by molar-refractivity contribution is 0.184. The molecule has 0 atom stereocenters. The number of hydrazine groups is 1. The van der Waals surface area contributed by atoms with Gasteiger partial charge in [-0.15, -0.1) is 0 Å². The van der Waals surface area contributed by atoms with Gasteiger partial charge >= 0.3 is 0 Å². The molecule has 3 N–H and O–H groups in total. The van der Waals surface area contributed by atoms with Gasteiger partial charge < -0.3 is 14.9 Å². The van der Waals surface area contributed by atoms with Crippen LogP contribution < -0.4 is 16.0 Å². The average Bonchev–Trinajstić information content (AvgIpc) is 2.46. The Balaban J connectivity index is 1.95. The number of hydrogen-bond donors (Lipinski definition) is 2. The molecule has 0 bridgehead atoms. The number of hydrogen-bond acceptors (Lipinski definition) is 6. The number of nitrogens with two attached hydrogens (primary N) is 1. The highest BCUT2D eigenvalue weighted by atomic mass is 16.5. The van der Waals surface area contributed by atoms with Crippen molar-refractivity contribution < 1.29 is 9.47 Å². The molecule has 100 valence electrons. The van der Waals surface area contributed by atoms with Crippen molar-refractivity contribution in [2.45, 2.75) is 13.2 Å². The zero-order chi connectivity index (χ0) is 13.5. The van der Waals surface area contributed by atoms with Gasteiger partial charge in [0.1, 0.15) is 12.4 Å². The molecule has 0 radical (unpaired) electrons. The first-order valence-corrected chi connectivity index (χ1v) is 5.80. The number of nitrogen functional groups attached to an aromatic ring is 1. The van der Waals surface area contributed by atoms with Crippen LogP contribution in [0.15, 0.2) is 36.7 Å². The van der Waals surface area contributed by atoms with Crippen molar-refractivity contribution in [3.63, 3.8) is 0 Å². The number of methoxy groups -OCH3 is 1. The van der Waals surface area contributed by atoms with Crippen LogP contribution in [-0.2, 0) is 18.0 Å². The zero-order valence-corrected chi connectivity index (χ0v) is 10.7. The molecule has 0 aliphatic heterocycles. The van der Waals surface area contributed by atoms with Gasteiger partial charge in [-0.2, -0.15) is 0 Å². The fourth-order valence-corrected chi connectivity index (χ4v) is 1.55. The molecule has 1 aromatic carbocycles. The highest BCUT2D eigenvalue weighted by Crippen LogP contribution is 2.15. The maximum absolute atomic E-state index is 5.64. The molecule has 0 saturated heterocycles. The maximum Gasteiger partial charge on any atom is 0.158 e. The summed E-state index contributed by atoms with van der Waals surface area (Å²) in [6.07, 6.45) is 3.17. The summed E-state index contributed by atoms with van der Waals surface area (Å²) >= 11 is 0. The van der Waals surface area contributed by atoms with E-state index >= 15 is 0 Å². The summed E-state index contributed by atoms with van der Waals surface area (Å²) in [5, 5.41) is 0. The number of anilines is 1. The van der Waals surface area contributed by atoms with E-state index in [2.05, 4.69) is 15.4 Å². The SMILES string of the molecule is COCc1cccc(OCc2cnc(NN)cn2)c1. The molecule has 1 aromatic heterocycles. The lowest BCUT2D eigenvalue weighted by Crippen LogP contribution is -2.09. The van der Waals surface area contributed by atoms with Crippen molar-refractivity contribution in [2.75, 3.05) is 12.5 Å². The van der Waals surface area contributed by atoms with Gasteiger partial charge in [0.2, 0.25) is 0 Å². The Labute approximate surface area is 111 Å². The molecule has 0 fully saturated rings. The Morgan fingerprint density at radius 2 is 2.11 bits per heavy atom. The maximum atomic E-state index is 5.64. The van der Waals surface area contributed by atoms with Crippen LogP contribution in [0.4, 0.5) is 5.82 Å². The molecule has 19 heavy (non-hydrogen) atoms. The second-order valence-corrected chi connectivity index (χ2v) is 3.91. The summed E-state index contributed by atoms with van der Waals surface area (Å²) in [6, 6.07) is 7.74. The van der Waals surface area contributed by atoms with E-state index in [-0.39, 0.29) is 0 Å². The summed E-state index contributed by atoms with van der Waals surface area (Å²) in [4.78, 5) is 8.23. The van der Waals surface area contributed by atoms with E-state index < -0.39 is 0 Å². The third kappa shape index (κ3) is 3.90. The first-order valence-electron chi connectivity index (χ1n) is 5.80. The van der Waals surface area contributed by atoms with Crippen LogP contribution in [0.2, 0.25) is 0 Å². The fourth-order valence-electron chi connectivity index (χ4n) is 1.55. The Morgan fingerprint density at radius 1 is 1.21 bits per heavy atom. The lowest BCUT2D eigenvalue weighted by Gasteiger charge is -2.07. The van der Waals surface area contributed by atoms with E-state index in [1.807, 2.05) is 24.3 Å². The van der Waals surface area contributed by atoms with E-state index in [0.717, 1.165) is 17.0 Å². The summed E-state index contributed by atoms with van der Waals surface area (Å²) in [5.74, 6) is 6.51. The highest BCUT2D eigenvalue weighted by Gasteiger charge is 2.00. The standard InChI is InChI=1S/C13H16N4O2/c1-18-8-10-3-2-4-12(5-10)19-9-11-6-16-13(17-14)7-15-11/h2-7H,8-9,14H2,1H3,(H,16,17). The number of rotatable bonds is 6. The van der Waals surface area contributed by atoms with Crippen LogP contribution in [0.25, 0.3) is 0 Å². The minimum atomic E-state index is 0.355. The van der Waals surface area contributed by atoms with Crippen LogP contribution >= 0.6 is 0 Å². The topological polar surface area (TPSA) is 82.3 Å². The number of nitrogens with one attached hydrogen (secondary N) is 1. The zero-order valence-electron chi connectivity index (χ0n) is 10.7. The lowest BCUT2D eigenvalue weighted by atomic mass is 10.2. The number of aromatic nitrogens is 2. The molecule has 6 heteroatoms. The van der Waals surface area contributed by atoms with Crippen molar-refractivity contribution in [3.05, 3.63) is 47.9 Å². The third-order valence-electron chi connectivity index (χ3n) is 2.45. The van der Waals surface area contributed by atoms with Gasteiger partial charge in [0.05, 0.1) is 24.7 Å². The largest absolute Gasteiger partial charge is 0.487 e. The van der Waals surface area contributed by atoms with E-state index in [1.165, 1.54) is 0 Å². The van der Waals surface area contributed by atoms with Gasteiger partial charge in [0, 0.05) is 7.11 Å². The Hall–Kier alpha value is -2.18. The molecule has 0 spiro atoms. The van der Waals surface area contributed by atoms with Crippen molar-refractivity contribution in [3.8, 4) is 5.75 Å². The van der Waals surface area contributed by atoms with Gasteiger partial charge in [-0.3, -0.25) is 4.98 Å². The normalized spacial score (nSPS) is 10.2. The van der Waals surface area contributed by atoms with Gasteiger partial charge in [-0.05, 0) is 17.7 Å². The molecule has 0 saturated carbocycles. The third-order valence-corrected chi connectivity index (χ3v) is 2.45. The highest BCUT2D eigenvalue weighted by molar-refractivity contribution is 5.29. The van der Waals surface area contributed by atoms with Crippen LogP contribution in [-0.4, -0.2) is 17.1 Å². The van der Waals surface area contributed by atoms with Gasteiger partial charge in [0.25, 0.3) is 0 Å². The minimum Gasteiger partial charge on any atom is -0.487 e. The monoisotopic (exact) mass is 260 g/mol. The van der Waals surface area contributed by atoms with E-state index in [4.69, 9.17) is 15.3 Å². The van der Waals surface area contributed by atoms with Crippen molar-refractivity contribution in [1.29, 1.82) is 0 Å². The molecule has 2 aromatic rings. The first-order chi connectivity index (χ1) is 9.31. The molecule has 0 aliphatic carbocycles. The molecule has 0 aliphatic rings. The van der Waals surface area contributed by atoms with Crippen LogP contribution in [0.3, 0.4) is 0 Å². The van der Waals surface area contributed by atoms with Crippen LogP contribution in [0.1, 0.15) is 11.3 Å².